The van der Waals surface area contributed by atoms with Gasteiger partial charge in [0.25, 0.3) is 0 Å². The summed E-state index contributed by atoms with van der Waals surface area (Å²) < 4.78 is 5.43. The Balaban J connectivity index is 2.46. The van der Waals surface area contributed by atoms with E-state index in [1.54, 1.807) is 7.11 Å². The smallest absolute Gasteiger partial charge is 0.123 e. The molecule has 2 rings (SSSR count). The standard InChI is InChI=1S/C16H18ClNO/c1-11-8-9-12(10-14(11)17)16(18-2)13-6-4-5-7-15(13)19-3/h4-10,16,18H,1-3H3. The fraction of sp³-hybridized carbons (Fsp3) is 0.250. The lowest BCUT2D eigenvalue weighted by molar-refractivity contribution is 0.405. The molecule has 0 saturated carbocycles. The van der Waals surface area contributed by atoms with Crippen molar-refractivity contribution >= 4 is 11.6 Å². The van der Waals surface area contributed by atoms with Crippen molar-refractivity contribution in [2.75, 3.05) is 14.2 Å². The van der Waals surface area contributed by atoms with Gasteiger partial charge in [-0.15, -0.1) is 0 Å². The van der Waals surface area contributed by atoms with Gasteiger partial charge in [0.2, 0.25) is 0 Å². The van der Waals surface area contributed by atoms with Crippen LogP contribution in [0.25, 0.3) is 0 Å². The number of methoxy groups -OCH3 is 1. The van der Waals surface area contributed by atoms with Crippen LogP contribution in [0.5, 0.6) is 5.75 Å². The SMILES string of the molecule is CNC(c1ccc(C)c(Cl)c1)c1ccccc1OC. The zero-order chi connectivity index (χ0) is 13.8. The number of rotatable bonds is 4. The maximum absolute atomic E-state index is 6.22. The molecule has 0 bridgehead atoms. The number of nitrogens with one attached hydrogen (secondary N) is 1. The number of aryl methyl sites for hydroxylation is 1. The quantitative estimate of drug-likeness (QED) is 0.912. The van der Waals surface area contributed by atoms with E-state index in [4.69, 9.17) is 16.3 Å². The highest BCUT2D eigenvalue weighted by Gasteiger charge is 2.16. The predicted molar refractivity (Wildman–Crippen MR) is 80.1 cm³/mol. The fourth-order valence-corrected chi connectivity index (χ4v) is 2.38. The van der Waals surface area contributed by atoms with Crippen LogP contribution in [0, 0.1) is 6.92 Å². The van der Waals surface area contributed by atoms with Gasteiger partial charge in [-0.25, -0.2) is 0 Å². The van der Waals surface area contributed by atoms with Crippen LogP contribution < -0.4 is 10.1 Å². The fourth-order valence-electron chi connectivity index (χ4n) is 2.20. The summed E-state index contributed by atoms with van der Waals surface area (Å²) in [6.07, 6.45) is 0. The van der Waals surface area contributed by atoms with E-state index in [0.29, 0.717) is 0 Å². The van der Waals surface area contributed by atoms with Crippen LogP contribution in [0.3, 0.4) is 0 Å². The number of halogens is 1. The Morgan fingerprint density at radius 1 is 1.16 bits per heavy atom. The van der Waals surface area contributed by atoms with Crippen molar-refractivity contribution in [1.29, 1.82) is 0 Å². The monoisotopic (exact) mass is 275 g/mol. The average molecular weight is 276 g/mol. The molecule has 0 aliphatic carbocycles. The second-order valence-corrected chi connectivity index (χ2v) is 4.88. The van der Waals surface area contributed by atoms with E-state index in [1.807, 2.05) is 44.3 Å². The number of hydrogen-bond acceptors (Lipinski definition) is 2. The Bertz CT molecular complexity index is 568. The van der Waals surface area contributed by atoms with Crippen LogP contribution in [0.4, 0.5) is 0 Å². The maximum Gasteiger partial charge on any atom is 0.123 e. The van der Waals surface area contributed by atoms with Crippen LogP contribution in [-0.4, -0.2) is 14.2 Å². The lowest BCUT2D eigenvalue weighted by Crippen LogP contribution is -2.18. The van der Waals surface area contributed by atoms with Crippen molar-refractivity contribution in [2.45, 2.75) is 13.0 Å². The summed E-state index contributed by atoms with van der Waals surface area (Å²) in [7, 11) is 3.62. The molecule has 0 aliphatic heterocycles. The molecule has 3 heteroatoms. The molecule has 1 unspecified atom stereocenters. The highest BCUT2D eigenvalue weighted by Crippen LogP contribution is 2.31. The van der Waals surface area contributed by atoms with Crippen molar-refractivity contribution in [3.05, 3.63) is 64.2 Å². The molecular formula is C16H18ClNO. The van der Waals surface area contributed by atoms with Gasteiger partial charge in [0, 0.05) is 10.6 Å². The lowest BCUT2D eigenvalue weighted by atomic mass is 9.97. The minimum absolute atomic E-state index is 0.0641. The van der Waals surface area contributed by atoms with E-state index < -0.39 is 0 Å². The van der Waals surface area contributed by atoms with Crippen molar-refractivity contribution in [2.24, 2.45) is 0 Å². The van der Waals surface area contributed by atoms with E-state index in [9.17, 15) is 0 Å². The Hall–Kier alpha value is -1.51. The maximum atomic E-state index is 6.22. The van der Waals surface area contributed by atoms with Gasteiger partial charge >= 0.3 is 0 Å². The normalized spacial score (nSPS) is 12.2. The number of ether oxygens (including phenoxy) is 1. The largest absolute Gasteiger partial charge is 0.496 e. The summed E-state index contributed by atoms with van der Waals surface area (Å²) in [5.41, 5.74) is 3.32. The lowest BCUT2D eigenvalue weighted by Gasteiger charge is -2.20. The third kappa shape index (κ3) is 2.91. The van der Waals surface area contributed by atoms with Gasteiger partial charge in [-0.3, -0.25) is 0 Å². The first-order chi connectivity index (χ1) is 9.17. The Labute approximate surface area is 119 Å². The topological polar surface area (TPSA) is 21.3 Å². The second-order valence-electron chi connectivity index (χ2n) is 4.47. The third-order valence-corrected chi connectivity index (χ3v) is 3.68. The minimum atomic E-state index is 0.0641. The third-order valence-electron chi connectivity index (χ3n) is 3.27. The van der Waals surface area contributed by atoms with E-state index in [1.165, 1.54) is 0 Å². The number of benzene rings is 2. The van der Waals surface area contributed by atoms with Gasteiger partial charge in [-0.2, -0.15) is 0 Å². The van der Waals surface area contributed by atoms with Gasteiger partial charge < -0.3 is 10.1 Å². The van der Waals surface area contributed by atoms with Gasteiger partial charge in [0.05, 0.1) is 13.2 Å². The molecule has 2 aromatic rings. The Kier molecular flexibility index (Phi) is 4.46. The van der Waals surface area contributed by atoms with Gasteiger partial charge in [0.1, 0.15) is 5.75 Å². The highest BCUT2D eigenvalue weighted by molar-refractivity contribution is 6.31. The molecule has 2 aromatic carbocycles. The molecule has 1 N–H and O–H groups in total. The zero-order valence-electron chi connectivity index (χ0n) is 11.4. The Morgan fingerprint density at radius 3 is 2.53 bits per heavy atom. The summed E-state index contributed by atoms with van der Waals surface area (Å²) in [6.45, 7) is 2.00. The first-order valence-corrected chi connectivity index (χ1v) is 6.61. The summed E-state index contributed by atoms with van der Waals surface area (Å²) in [4.78, 5) is 0. The van der Waals surface area contributed by atoms with Crippen LogP contribution in [0.1, 0.15) is 22.7 Å². The molecule has 0 saturated heterocycles. The molecule has 0 aromatic heterocycles. The van der Waals surface area contributed by atoms with E-state index >= 15 is 0 Å². The number of hydrogen-bond donors (Lipinski definition) is 1. The molecule has 0 heterocycles. The van der Waals surface area contributed by atoms with Crippen LogP contribution >= 0.6 is 11.6 Å². The van der Waals surface area contributed by atoms with E-state index in [2.05, 4.69) is 17.4 Å². The molecule has 1 atom stereocenters. The summed E-state index contributed by atoms with van der Waals surface area (Å²) in [5, 5.41) is 4.10. The summed E-state index contributed by atoms with van der Waals surface area (Å²) >= 11 is 6.22. The van der Waals surface area contributed by atoms with Crippen LogP contribution in [-0.2, 0) is 0 Å². The van der Waals surface area contributed by atoms with Crippen molar-refractivity contribution in [3.63, 3.8) is 0 Å². The second kappa shape index (κ2) is 6.09. The van der Waals surface area contributed by atoms with Gasteiger partial charge in [-0.05, 0) is 37.2 Å². The average Bonchev–Trinajstić information content (AvgIpc) is 2.44. The molecule has 2 nitrogen and oxygen atoms in total. The molecular weight excluding hydrogens is 258 g/mol. The molecule has 0 radical (unpaired) electrons. The minimum Gasteiger partial charge on any atom is -0.496 e. The molecule has 0 fully saturated rings. The molecule has 19 heavy (non-hydrogen) atoms. The Morgan fingerprint density at radius 2 is 1.89 bits per heavy atom. The molecule has 100 valence electrons. The highest BCUT2D eigenvalue weighted by atomic mass is 35.5. The van der Waals surface area contributed by atoms with Gasteiger partial charge in [-0.1, -0.05) is 41.9 Å². The van der Waals surface area contributed by atoms with Crippen LogP contribution in [0.2, 0.25) is 5.02 Å². The predicted octanol–water partition coefficient (Wildman–Crippen LogP) is 3.97. The van der Waals surface area contributed by atoms with Gasteiger partial charge in [0.15, 0.2) is 0 Å². The van der Waals surface area contributed by atoms with Crippen molar-refractivity contribution in [1.82, 2.24) is 5.32 Å². The molecule has 0 spiro atoms. The van der Waals surface area contributed by atoms with E-state index in [-0.39, 0.29) is 6.04 Å². The van der Waals surface area contributed by atoms with E-state index in [0.717, 1.165) is 27.5 Å². The molecule has 0 aliphatic rings. The zero-order valence-corrected chi connectivity index (χ0v) is 12.2. The van der Waals surface area contributed by atoms with Crippen molar-refractivity contribution < 1.29 is 4.74 Å². The van der Waals surface area contributed by atoms with Crippen molar-refractivity contribution in [3.8, 4) is 5.75 Å². The first kappa shape index (κ1) is 13.9. The summed E-state index contributed by atoms with van der Waals surface area (Å²) in [6, 6.07) is 14.2. The summed E-state index contributed by atoms with van der Waals surface area (Å²) in [5.74, 6) is 0.874. The number of para-hydroxylation sites is 1. The first-order valence-electron chi connectivity index (χ1n) is 6.23. The molecule has 0 amide bonds. The van der Waals surface area contributed by atoms with Crippen LogP contribution in [0.15, 0.2) is 42.5 Å².